The quantitative estimate of drug-likeness (QED) is 0.758. The highest BCUT2D eigenvalue weighted by atomic mass is 16.5. The minimum Gasteiger partial charge on any atom is -0.378 e. The van der Waals surface area contributed by atoms with Crippen molar-refractivity contribution in [3.8, 4) is 0 Å². The molecule has 2 atom stereocenters. The molecule has 0 radical (unpaired) electrons. The molecular formula is C23H28N4O2. The highest BCUT2D eigenvalue weighted by molar-refractivity contribution is 6.04. The number of pyridine rings is 1. The third-order valence-corrected chi connectivity index (χ3v) is 6.07. The number of carbonyl (C=O) groups is 1. The number of carbonyl (C=O) groups excluding carboxylic acids is 1. The molecule has 152 valence electrons. The molecule has 1 aromatic carbocycles. The van der Waals surface area contributed by atoms with Crippen molar-refractivity contribution in [2.24, 2.45) is 5.92 Å². The fraction of sp³-hybridized carbons (Fsp3) is 0.478. The molecule has 5 rings (SSSR count). The van der Waals surface area contributed by atoms with Crippen molar-refractivity contribution in [1.29, 1.82) is 0 Å². The fourth-order valence-electron chi connectivity index (χ4n) is 3.98. The van der Waals surface area contributed by atoms with Crippen LogP contribution >= 0.6 is 0 Å². The van der Waals surface area contributed by atoms with Gasteiger partial charge >= 0.3 is 0 Å². The number of aromatic nitrogens is 1. The van der Waals surface area contributed by atoms with Gasteiger partial charge < -0.3 is 20.3 Å². The van der Waals surface area contributed by atoms with E-state index in [9.17, 15) is 4.79 Å². The van der Waals surface area contributed by atoms with Gasteiger partial charge in [-0.25, -0.2) is 4.98 Å². The molecule has 6 nitrogen and oxygen atoms in total. The Labute approximate surface area is 171 Å². The van der Waals surface area contributed by atoms with E-state index in [1.54, 1.807) is 6.20 Å². The summed E-state index contributed by atoms with van der Waals surface area (Å²) < 4.78 is 5.38. The van der Waals surface area contributed by atoms with E-state index in [1.165, 1.54) is 24.8 Å². The number of nitrogens with one attached hydrogen (secondary N) is 2. The van der Waals surface area contributed by atoms with Crippen LogP contribution in [0.15, 0.2) is 42.6 Å². The van der Waals surface area contributed by atoms with Gasteiger partial charge in [0.2, 0.25) is 0 Å². The van der Waals surface area contributed by atoms with Gasteiger partial charge in [-0.1, -0.05) is 12.1 Å². The zero-order valence-corrected chi connectivity index (χ0v) is 16.6. The number of benzene rings is 1. The SMILES string of the molecule is O=C(Nc1ccc(N2CCOCC2)nc1)c1cccc([C@@H]2C[C@H]2NCC2CC2)c1. The third kappa shape index (κ3) is 4.60. The summed E-state index contributed by atoms with van der Waals surface area (Å²) in [6.45, 7) is 4.31. The maximum Gasteiger partial charge on any atom is 0.255 e. The summed E-state index contributed by atoms with van der Waals surface area (Å²) in [6.07, 6.45) is 5.65. The van der Waals surface area contributed by atoms with E-state index >= 15 is 0 Å². The monoisotopic (exact) mass is 392 g/mol. The second kappa shape index (κ2) is 8.13. The van der Waals surface area contributed by atoms with Gasteiger partial charge in [0, 0.05) is 30.6 Å². The molecule has 0 unspecified atom stereocenters. The summed E-state index contributed by atoms with van der Waals surface area (Å²) in [5.74, 6) is 2.27. The molecular weight excluding hydrogens is 364 g/mol. The molecule has 29 heavy (non-hydrogen) atoms. The largest absolute Gasteiger partial charge is 0.378 e. The van der Waals surface area contributed by atoms with Crippen LogP contribution < -0.4 is 15.5 Å². The van der Waals surface area contributed by atoms with Gasteiger partial charge in [-0.2, -0.15) is 0 Å². The Balaban J connectivity index is 1.18. The van der Waals surface area contributed by atoms with Crippen LogP contribution in [0.4, 0.5) is 11.5 Å². The van der Waals surface area contributed by atoms with Crippen molar-refractivity contribution in [3.63, 3.8) is 0 Å². The Morgan fingerprint density at radius 3 is 2.79 bits per heavy atom. The Kier molecular flexibility index (Phi) is 5.21. The normalized spacial score (nSPS) is 23.7. The van der Waals surface area contributed by atoms with E-state index in [4.69, 9.17) is 4.74 Å². The topological polar surface area (TPSA) is 66.5 Å². The van der Waals surface area contributed by atoms with Crippen molar-refractivity contribution in [2.75, 3.05) is 43.1 Å². The first kappa shape index (κ1) is 18.6. The van der Waals surface area contributed by atoms with Crippen molar-refractivity contribution < 1.29 is 9.53 Å². The number of hydrogen-bond acceptors (Lipinski definition) is 5. The zero-order chi connectivity index (χ0) is 19.6. The molecule has 6 heteroatoms. The van der Waals surface area contributed by atoms with Gasteiger partial charge in [0.1, 0.15) is 5.82 Å². The number of morpholine rings is 1. The molecule has 1 aliphatic heterocycles. The summed E-state index contributed by atoms with van der Waals surface area (Å²) in [6, 6.07) is 12.5. The molecule has 0 spiro atoms. The van der Waals surface area contributed by atoms with Gasteiger partial charge in [0.15, 0.2) is 0 Å². The summed E-state index contributed by atoms with van der Waals surface area (Å²) in [7, 11) is 0. The Hall–Kier alpha value is -2.44. The summed E-state index contributed by atoms with van der Waals surface area (Å²) >= 11 is 0. The highest BCUT2D eigenvalue weighted by Crippen LogP contribution is 2.41. The maximum atomic E-state index is 12.7. The molecule has 2 N–H and O–H groups in total. The van der Waals surface area contributed by atoms with Crippen LogP contribution in [0, 0.1) is 5.92 Å². The van der Waals surface area contributed by atoms with Crippen LogP contribution in [0.1, 0.15) is 41.1 Å². The van der Waals surface area contributed by atoms with Crippen LogP contribution in [0.5, 0.6) is 0 Å². The second-order valence-electron chi connectivity index (χ2n) is 8.38. The molecule has 1 aromatic heterocycles. The molecule has 2 aromatic rings. The molecule has 2 saturated carbocycles. The van der Waals surface area contributed by atoms with Crippen molar-refractivity contribution in [1.82, 2.24) is 10.3 Å². The third-order valence-electron chi connectivity index (χ3n) is 6.07. The Morgan fingerprint density at radius 1 is 1.17 bits per heavy atom. The van der Waals surface area contributed by atoms with E-state index in [0.29, 0.717) is 23.2 Å². The van der Waals surface area contributed by atoms with Crippen LogP contribution in [-0.4, -0.2) is 49.8 Å². The first-order valence-electron chi connectivity index (χ1n) is 10.7. The maximum absolute atomic E-state index is 12.7. The van der Waals surface area contributed by atoms with Crippen LogP contribution in [0.3, 0.4) is 0 Å². The molecule has 2 heterocycles. The molecule has 0 bridgehead atoms. The molecule has 2 aliphatic carbocycles. The van der Waals surface area contributed by atoms with Gasteiger partial charge in [-0.05, 0) is 61.6 Å². The lowest BCUT2D eigenvalue weighted by Crippen LogP contribution is -2.36. The van der Waals surface area contributed by atoms with Gasteiger partial charge in [0.25, 0.3) is 5.91 Å². The number of nitrogens with zero attached hydrogens (tertiary/aromatic N) is 2. The minimum absolute atomic E-state index is 0.0871. The van der Waals surface area contributed by atoms with Crippen molar-refractivity contribution in [3.05, 3.63) is 53.7 Å². The predicted octanol–water partition coefficient (Wildman–Crippen LogP) is 3.03. The number of hydrogen-bond donors (Lipinski definition) is 2. The fourth-order valence-corrected chi connectivity index (χ4v) is 3.98. The standard InChI is InChI=1S/C23H28N4O2/c28-23(26-19-6-7-22(25-15-19)27-8-10-29-11-9-27)18-3-1-2-17(12-18)20-13-21(20)24-14-16-4-5-16/h1-3,6-7,12,15-16,20-21,24H,4-5,8-11,13-14H2,(H,26,28)/t20-,21+/m0/s1. The molecule has 1 saturated heterocycles. The number of rotatable bonds is 7. The summed E-state index contributed by atoms with van der Waals surface area (Å²) in [5.41, 5.74) is 2.67. The van der Waals surface area contributed by atoms with E-state index in [2.05, 4.69) is 26.6 Å². The molecule has 3 fully saturated rings. The average molecular weight is 393 g/mol. The second-order valence-corrected chi connectivity index (χ2v) is 8.38. The van der Waals surface area contributed by atoms with Gasteiger partial charge in [-0.15, -0.1) is 0 Å². The zero-order valence-electron chi connectivity index (χ0n) is 16.6. The number of ether oxygens (including phenoxy) is 1. The smallest absolute Gasteiger partial charge is 0.255 e. The number of anilines is 2. The van der Waals surface area contributed by atoms with Crippen molar-refractivity contribution >= 4 is 17.4 Å². The lowest BCUT2D eigenvalue weighted by Gasteiger charge is -2.27. The predicted molar refractivity (Wildman–Crippen MR) is 114 cm³/mol. The number of amides is 1. The van der Waals surface area contributed by atoms with Gasteiger partial charge in [-0.3, -0.25) is 4.79 Å². The van der Waals surface area contributed by atoms with Crippen LogP contribution in [0.2, 0.25) is 0 Å². The molecule has 1 amide bonds. The van der Waals surface area contributed by atoms with E-state index < -0.39 is 0 Å². The summed E-state index contributed by atoms with van der Waals surface area (Å²) in [4.78, 5) is 19.4. The van der Waals surface area contributed by atoms with E-state index in [1.807, 2.05) is 30.3 Å². The van der Waals surface area contributed by atoms with Crippen LogP contribution in [0.25, 0.3) is 0 Å². The minimum atomic E-state index is -0.0871. The lowest BCUT2D eigenvalue weighted by atomic mass is 10.1. The van der Waals surface area contributed by atoms with E-state index in [0.717, 1.165) is 44.6 Å². The molecule has 3 aliphatic rings. The van der Waals surface area contributed by atoms with Crippen LogP contribution in [-0.2, 0) is 4.74 Å². The van der Waals surface area contributed by atoms with Crippen molar-refractivity contribution in [2.45, 2.75) is 31.2 Å². The van der Waals surface area contributed by atoms with E-state index in [-0.39, 0.29) is 5.91 Å². The average Bonchev–Trinajstić information content (AvgIpc) is 3.69. The first-order chi connectivity index (χ1) is 14.3. The Morgan fingerprint density at radius 2 is 2.03 bits per heavy atom. The highest BCUT2D eigenvalue weighted by Gasteiger charge is 2.39. The Bertz CT molecular complexity index is 859. The first-order valence-corrected chi connectivity index (χ1v) is 10.7. The van der Waals surface area contributed by atoms with Gasteiger partial charge in [0.05, 0.1) is 25.1 Å². The lowest BCUT2D eigenvalue weighted by molar-refractivity contribution is 0.102. The summed E-state index contributed by atoms with van der Waals surface area (Å²) in [5, 5.41) is 6.64.